The second kappa shape index (κ2) is 5.91. The third-order valence-corrected chi connectivity index (χ3v) is 3.71. The predicted octanol–water partition coefficient (Wildman–Crippen LogP) is 1.82. The van der Waals surface area contributed by atoms with E-state index < -0.39 is 6.10 Å². The van der Waals surface area contributed by atoms with Gasteiger partial charge < -0.3 is 18.9 Å². The number of rotatable bonds is 2. The smallest absolute Gasteiger partial charge is 0.334 e. The minimum absolute atomic E-state index is 0.0325. The summed E-state index contributed by atoms with van der Waals surface area (Å²) in [5, 5.41) is 0. The summed E-state index contributed by atoms with van der Waals surface area (Å²) >= 11 is 0. The SMILES string of the molecule is COC(=O)C1CCC2OC(c3ccccc3)OCC2O1. The minimum Gasteiger partial charge on any atom is -0.467 e. The van der Waals surface area contributed by atoms with Crippen LogP contribution in [-0.2, 0) is 23.7 Å². The van der Waals surface area contributed by atoms with Crippen LogP contribution in [0.15, 0.2) is 30.3 Å². The Morgan fingerprint density at radius 3 is 2.70 bits per heavy atom. The number of ether oxygens (including phenoxy) is 4. The quantitative estimate of drug-likeness (QED) is 0.772. The van der Waals surface area contributed by atoms with Crippen molar-refractivity contribution in [2.45, 2.75) is 37.4 Å². The molecule has 5 heteroatoms. The van der Waals surface area contributed by atoms with Crippen molar-refractivity contribution < 1.29 is 23.7 Å². The van der Waals surface area contributed by atoms with E-state index in [1.807, 2.05) is 30.3 Å². The highest BCUT2D eigenvalue weighted by atomic mass is 16.7. The van der Waals surface area contributed by atoms with Gasteiger partial charge in [0, 0.05) is 5.56 Å². The van der Waals surface area contributed by atoms with Crippen LogP contribution in [0.2, 0.25) is 0 Å². The molecule has 0 bridgehead atoms. The fourth-order valence-corrected chi connectivity index (χ4v) is 2.64. The van der Waals surface area contributed by atoms with Crippen molar-refractivity contribution in [1.29, 1.82) is 0 Å². The van der Waals surface area contributed by atoms with Crippen molar-refractivity contribution in [3.8, 4) is 0 Å². The Bertz CT molecular complexity index is 461. The van der Waals surface area contributed by atoms with E-state index in [2.05, 4.69) is 0 Å². The Morgan fingerprint density at radius 2 is 1.95 bits per heavy atom. The number of fused-ring (bicyclic) bond motifs is 1. The van der Waals surface area contributed by atoms with Gasteiger partial charge in [-0.1, -0.05) is 30.3 Å². The summed E-state index contributed by atoms with van der Waals surface area (Å²) in [5.74, 6) is -0.325. The number of carbonyl (C=O) groups excluding carboxylic acids is 1. The third kappa shape index (κ3) is 2.70. The summed E-state index contributed by atoms with van der Waals surface area (Å²) in [7, 11) is 1.37. The number of carbonyl (C=O) groups is 1. The van der Waals surface area contributed by atoms with Gasteiger partial charge >= 0.3 is 5.97 Å². The lowest BCUT2D eigenvalue weighted by molar-refractivity contribution is -0.287. The van der Waals surface area contributed by atoms with E-state index in [-0.39, 0.29) is 24.5 Å². The average molecular weight is 278 g/mol. The van der Waals surface area contributed by atoms with Crippen LogP contribution >= 0.6 is 0 Å². The van der Waals surface area contributed by atoms with Gasteiger partial charge in [-0.25, -0.2) is 4.79 Å². The largest absolute Gasteiger partial charge is 0.467 e. The lowest BCUT2D eigenvalue weighted by atomic mass is 10.00. The molecule has 2 saturated heterocycles. The molecule has 2 aliphatic rings. The highest BCUT2D eigenvalue weighted by Gasteiger charge is 2.40. The van der Waals surface area contributed by atoms with Crippen LogP contribution in [0.1, 0.15) is 24.7 Å². The summed E-state index contributed by atoms with van der Waals surface area (Å²) in [5.41, 5.74) is 1.00. The first-order chi connectivity index (χ1) is 9.78. The van der Waals surface area contributed by atoms with Gasteiger partial charge in [0.1, 0.15) is 6.10 Å². The normalized spacial score (nSPS) is 33.2. The van der Waals surface area contributed by atoms with Crippen LogP contribution in [0.5, 0.6) is 0 Å². The van der Waals surface area contributed by atoms with Gasteiger partial charge in [0.25, 0.3) is 0 Å². The maximum absolute atomic E-state index is 11.5. The van der Waals surface area contributed by atoms with Gasteiger partial charge in [-0.3, -0.25) is 0 Å². The first-order valence-corrected chi connectivity index (χ1v) is 6.83. The summed E-state index contributed by atoms with van der Waals surface area (Å²) in [6.45, 7) is 0.428. The van der Waals surface area contributed by atoms with Crippen molar-refractivity contribution in [3.05, 3.63) is 35.9 Å². The second-order valence-electron chi connectivity index (χ2n) is 5.01. The molecule has 108 valence electrons. The Labute approximate surface area is 117 Å². The van der Waals surface area contributed by atoms with E-state index >= 15 is 0 Å². The van der Waals surface area contributed by atoms with E-state index in [0.29, 0.717) is 13.0 Å². The van der Waals surface area contributed by atoms with Gasteiger partial charge in [0.05, 0.1) is 19.8 Å². The molecule has 20 heavy (non-hydrogen) atoms. The molecule has 0 amide bonds. The third-order valence-electron chi connectivity index (χ3n) is 3.71. The van der Waals surface area contributed by atoms with Crippen molar-refractivity contribution in [2.75, 3.05) is 13.7 Å². The molecule has 0 aromatic heterocycles. The molecular formula is C15H18O5. The molecule has 0 N–H and O–H groups in total. The van der Waals surface area contributed by atoms with Gasteiger partial charge in [-0.15, -0.1) is 0 Å². The van der Waals surface area contributed by atoms with Gasteiger partial charge in [0.2, 0.25) is 0 Å². The summed E-state index contributed by atoms with van der Waals surface area (Å²) < 4.78 is 22.1. The molecule has 2 aliphatic heterocycles. The van der Waals surface area contributed by atoms with Gasteiger partial charge in [-0.05, 0) is 12.8 Å². The fraction of sp³-hybridized carbons (Fsp3) is 0.533. The Kier molecular flexibility index (Phi) is 4.00. The summed E-state index contributed by atoms with van der Waals surface area (Å²) in [6.07, 6.45) is 0.312. The molecular weight excluding hydrogens is 260 g/mol. The van der Waals surface area contributed by atoms with E-state index in [1.165, 1.54) is 7.11 Å². The van der Waals surface area contributed by atoms with Crippen molar-refractivity contribution in [1.82, 2.24) is 0 Å². The number of hydrogen-bond donors (Lipinski definition) is 0. The molecule has 4 atom stereocenters. The first-order valence-electron chi connectivity index (χ1n) is 6.83. The van der Waals surface area contributed by atoms with Gasteiger partial charge in [-0.2, -0.15) is 0 Å². The highest BCUT2D eigenvalue weighted by molar-refractivity contribution is 5.74. The van der Waals surface area contributed by atoms with Crippen LogP contribution in [0.25, 0.3) is 0 Å². The van der Waals surface area contributed by atoms with Gasteiger partial charge in [0.15, 0.2) is 12.4 Å². The minimum atomic E-state index is -0.498. The second-order valence-corrected chi connectivity index (χ2v) is 5.01. The lowest BCUT2D eigenvalue weighted by Gasteiger charge is -2.41. The molecule has 2 heterocycles. The maximum Gasteiger partial charge on any atom is 0.334 e. The summed E-state index contributed by atoms with van der Waals surface area (Å²) in [6, 6.07) is 9.83. The topological polar surface area (TPSA) is 54.0 Å². The average Bonchev–Trinajstić information content (AvgIpc) is 2.54. The molecule has 0 radical (unpaired) electrons. The zero-order chi connectivity index (χ0) is 13.9. The Balaban J connectivity index is 1.62. The van der Waals surface area contributed by atoms with Crippen molar-refractivity contribution >= 4 is 5.97 Å². The van der Waals surface area contributed by atoms with E-state index in [0.717, 1.165) is 12.0 Å². The molecule has 2 fully saturated rings. The maximum atomic E-state index is 11.5. The number of benzene rings is 1. The monoisotopic (exact) mass is 278 g/mol. The molecule has 0 spiro atoms. The number of methoxy groups -OCH3 is 1. The number of hydrogen-bond acceptors (Lipinski definition) is 5. The standard InChI is InChI=1S/C15H18O5/c1-17-14(16)12-8-7-11-13(19-12)9-18-15(20-11)10-5-3-2-4-6-10/h2-6,11-13,15H,7-9H2,1H3. The van der Waals surface area contributed by atoms with Crippen LogP contribution < -0.4 is 0 Å². The van der Waals surface area contributed by atoms with Crippen LogP contribution in [0, 0.1) is 0 Å². The molecule has 3 rings (SSSR count). The fourth-order valence-electron chi connectivity index (χ4n) is 2.64. The molecule has 0 saturated carbocycles. The van der Waals surface area contributed by atoms with Crippen LogP contribution in [-0.4, -0.2) is 38.0 Å². The zero-order valence-electron chi connectivity index (χ0n) is 11.4. The van der Waals surface area contributed by atoms with Crippen LogP contribution in [0.4, 0.5) is 0 Å². The highest BCUT2D eigenvalue weighted by Crippen LogP contribution is 2.33. The van der Waals surface area contributed by atoms with E-state index in [4.69, 9.17) is 18.9 Å². The molecule has 1 aromatic carbocycles. The molecule has 4 unspecified atom stereocenters. The van der Waals surface area contributed by atoms with Crippen molar-refractivity contribution in [3.63, 3.8) is 0 Å². The zero-order valence-corrected chi connectivity index (χ0v) is 11.4. The molecule has 1 aromatic rings. The molecule has 5 nitrogen and oxygen atoms in total. The predicted molar refractivity (Wildman–Crippen MR) is 69.9 cm³/mol. The van der Waals surface area contributed by atoms with Crippen molar-refractivity contribution in [2.24, 2.45) is 0 Å². The first kappa shape index (κ1) is 13.5. The molecule has 0 aliphatic carbocycles. The van der Waals surface area contributed by atoms with Crippen LogP contribution in [0.3, 0.4) is 0 Å². The Morgan fingerprint density at radius 1 is 1.15 bits per heavy atom. The lowest BCUT2D eigenvalue weighted by Crippen LogP contribution is -2.49. The van der Waals surface area contributed by atoms with E-state index in [1.54, 1.807) is 0 Å². The van der Waals surface area contributed by atoms with E-state index in [9.17, 15) is 4.79 Å². The Hall–Kier alpha value is -1.43. The summed E-state index contributed by atoms with van der Waals surface area (Å²) in [4.78, 5) is 11.5. The number of esters is 1.